The van der Waals surface area contributed by atoms with Gasteiger partial charge in [0, 0.05) is 50.5 Å². The molecule has 0 aliphatic carbocycles. The largest absolute Gasteiger partial charge is 0.464 e. The summed E-state index contributed by atoms with van der Waals surface area (Å²) in [5.74, 6) is 0.873. The Morgan fingerprint density at radius 2 is 2.03 bits per heavy atom. The molecule has 7 nitrogen and oxygen atoms in total. The van der Waals surface area contributed by atoms with Crippen molar-refractivity contribution in [3.63, 3.8) is 0 Å². The molecule has 0 radical (unpaired) electrons. The number of hydrogen-bond donors (Lipinski definition) is 2. The van der Waals surface area contributed by atoms with Crippen molar-refractivity contribution >= 4 is 11.6 Å². The Kier molecular flexibility index (Phi) is 7.65. The zero-order valence-corrected chi connectivity index (χ0v) is 18.8. The highest BCUT2D eigenvalue weighted by Gasteiger charge is 2.34. The number of carbonyl (C=O) groups is 1. The van der Waals surface area contributed by atoms with Crippen LogP contribution in [0.1, 0.15) is 19.4 Å². The molecule has 166 valence electrons. The molecule has 1 aliphatic rings. The normalized spacial score (nSPS) is 21.3. The Labute approximate surface area is 184 Å². The lowest BCUT2D eigenvalue weighted by Gasteiger charge is -2.43. The lowest BCUT2D eigenvalue weighted by atomic mass is 10.1. The molecule has 1 aromatic carbocycles. The van der Waals surface area contributed by atoms with Crippen molar-refractivity contribution in [2.45, 2.75) is 32.5 Å². The van der Waals surface area contributed by atoms with Gasteiger partial charge in [-0.2, -0.15) is 0 Å². The van der Waals surface area contributed by atoms with E-state index in [2.05, 4.69) is 27.0 Å². The first-order valence-corrected chi connectivity index (χ1v) is 10.6. The quantitative estimate of drug-likeness (QED) is 0.668. The molecule has 31 heavy (non-hydrogen) atoms. The minimum Gasteiger partial charge on any atom is -0.464 e. The van der Waals surface area contributed by atoms with Crippen molar-refractivity contribution in [3.8, 4) is 11.3 Å². The molecule has 1 saturated heterocycles. The van der Waals surface area contributed by atoms with E-state index in [1.807, 2.05) is 56.4 Å². The van der Waals surface area contributed by atoms with E-state index in [0.29, 0.717) is 19.6 Å². The van der Waals surface area contributed by atoms with Crippen molar-refractivity contribution in [3.05, 3.63) is 60.0 Å². The summed E-state index contributed by atoms with van der Waals surface area (Å²) < 4.78 is 5.43. The Bertz CT molecular complexity index is 914. The van der Waals surface area contributed by atoms with Crippen LogP contribution in [0.25, 0.3) is 11.3 Å². The summed E-state index contributed by atoms with van der Waals surface area (Å²) in [6.07, 6.45) is 3.56. The molecule has 2 heterocycles. The summed E-state index contributed by atoms with van der Waals surface area (Å²) in [4.78, 5) is 21.8. The molecule has 2 atom stereocenters. The molecule has 1 fully saturated rings. The van der Waals surface area contributed by atoms with Gasteiger partial charge in [0.25, 0.3) is 0 Å². The van der Waals surface area contributed by atoms with E-state index in [9.17, 15) is 4.79 Å². The maximum absolute atomic E-state index is 13.0. The van der Waals surface area contributed by atoms with Crippen molar-refractivity contribution in [1.82, 2.24) is 15.1 Å². The third kappa shape index (κ3) is 6.06. The van der Waals surface area contributed by atoms with E-state index in [1.54, 1.807) is 13.3 Å². The van der Waals surface area contributed by atoms with Crippen LogP contribution in [-0.4, -0.2) is 67.2 Å². The molecule has 1 amide bonds. The van der Waals surface area contributed by atoms with E-state index in [1.165, 1.54) is 0 Å². The van der Waals surface area contributed by atoms with Gasteiger partial charge in [0.1, 0.15) is 11.8 Å². The third-order valence-corrected chi connectivity index (χ3v) is 5.74. The standard InChI is InChI=1S/C24H33N5O2/c1-17(25)12-21(26-3)15-29-14-18(2)28(4)22(16-29)24(30)27-13-19-7-9-20(10-8-19)23-6-5-11-31-23/h5-12,18,22H,13-16,25H2,1-4H3,(H,27,30)/b17-12-,26-21?. The minimum absolute atomic E-state index is 0.0368. The van der Waals surface area contributed by atoms with Crippen LogP contribution in [-0.2, 0) is 11.3 Å². The Morgan fingerprint density at radius 3 is 2.65 bits per heavy atom. The average molecular weight is 424 g/mol. The van der Waals surface area contributed by atoms with Gasteiger partial charge in [-0.1, -0.05) is 24.3 Å². The number of nitrogens with two attached hydrogens (primary N) is 1. The van der Waals surface area contributed by atoms with E-state index in [-0.39, 0.29) is 18.0 Å². The molecule has 3 rings (SSSR count). The summed E-state index contributed by atoms with van der Waals surface area (Å²) in [5, 5.41) is 3.10. The first-order chi connectivity index (χ1) is 14.9. The van der Waals surface area contributed by atoms with Gasteiger partial charge in [-0.05, 0) is 44.7 Å². The third-order valence-electron chi connectivity index (χ3n) is 5.74. The van der Waals surface area contributed by atoms with Crippen LogP contribution in [0.2, 0.25) is 0 Å². The zero-order valence-electron chi connectivity index (χ0n) is 18.8. The maximum atomic E-state index is 13.0. The molecule has 0 saturated carbocycles. The average Bonchev–Trinajstić information content (AvgIpc) is 3.29. The number of hydrogen-bond acceptors (Lipinski definition) is 6. The summed E-state index contributed by atoms with van der Waals surface area (Å²) >= 11 is 0. The van der Waals surface area contributed by atoms with Gasteiger partial charge in [-0.25, -0.2) is 0 Å². The molecule has 0 bridgehead atoms. The number of nitrogens with one attached hydrogen (secondary N) is 1. The van der Waals surface area contributed by atoms with E-state index in [0.717, 1.165) is 34.8 Å². The number of benzene rings is 1. The first-order valence-electron chi connectivity index (χ1n) is 10.6. The lowest BCUT2D eigenvalue weighted by Crippen LogP contribution is -2.61. The van der Waals surface area contributed by atoms with E-state index in [4.69, 9.17) is 10.2 Å². The van der Waals surface area contributed by atoms with Crippen molar-refractivity contribution in [2.75, 3.05) is 33.7 Å². The van der Waals surface area contributed by atoms with Crippen LogP contribution in [0, 0.1) is 0 Å². The van der Waals surface area contributed by atoms with Crippen LogP contribution >= 0.6 is 0 Å². The Morgan fingerprint density at radius 1 is 1.29 bits per heavy atom. The molecule has 3 N–H and O–H groups in total. The van der Waals surface area contributed by atoms with Crippen LogP contribution in [0.3, 0.4) is 0 Å². The summed E-state index contributed by atoms with van der Waals surface area (Å²) in [6.45, 7) is 6.71. The van der Waals surface area contributed by atoms with Crippen LogP contribution in [0.4, 0.5) is 0 Å². The fraction of sp³-hybridized carbons (Fsp3) is 0.417. The van der Waals surface area contributed by atoms with E-state index >= 15 is 0 Å². The molecule has 1 aliphatic heterocycles. The van der Waals surface area contributed by atoms with Crippen LogP contribution in [0.5, 0.6) is 0 Å². The van der Waals surface area contributed by atoms with Crippen LogP contribution < -0.4 is 11.1 Å². The van der Waals surface area contributed by atoms with Gasteiger partial charge >= 0.3 is 0 Å². The summed E-state index contributed by atoms with van der Waals surface area (Å²) in [7, 11) is 3.79. The lowest BCUT2D eigenvalue weighted by molar-refractivity contribution is -0.129. The SMILES string of the molecule is CN=C(/C=C(/C)N)CN1CC(C)N(C)C(C(=O)NCc2ccc(-c3ccco3)cc2)C1. The molecular weight excluding hydrogens is 390 g/mol. The predicted molar refractivity (Wildman–Crippen MR) is 125 cm³/mol. The summed E-state index contributed by atoms with van der Waals surface area (Å²) in [5.41, 5.74) is 9.54. The number of nitrogens with zero attached hydrogens (tertiary/aromatic N) is 3. The van der Waals surface area contributed by atoms with Gasteiger partial charge in [-0.3, -0.25) is 19.6 Å². The monoisotopic (exact) mass is 423 g/mol. The second-order valence-electron chi connectivity index (χ2n) is 8.22. The van der Waals surface area contributed by atoms with Crippen LogP contribution in [0.15, 0.2) is 63.8 Å². The fourth-order valence-corrected chi connectivity index (χ4v) is 3.86. The highest BCUT2D eigenvalue weighted by Crippen LogP contribution is 2.20. The van der Waals surface area contributed by atoms with Crippen molar-refractivity contribution < 1.29 is 9.21 Å². The maximum Gasteiger partial charge on any atom is 0.238 e. The highest BCUT2D eigenvalue weighted by atomic mass is 16.3. The second-order valence-corrected chi connectivity index (χ2v) is 8.22. The fourth-order valence-electron chi connectivity index (χ4n) is 3.86. The Balaban J connectivity index is 1.59. The number of aliphatic imine (C=N–C) groups is 1. The number of carbonyl (C=O) groups excluding carboxylic acids is 1. The van der Waals surface area contributed by atoms with Gasteiger partial charge < -0.3 is 15.5 Å². The number of likely N-dealkylation sites (N-methyl/N-ethyl adjacent to an activating group) is 1. The molecule has 0 spiro atoms. The summed E-state index contributed by atoms with van der Waals surface area (Å²) in [6, 6.07) is 11.9. The van der Waals surface area contributed by atoms with Gasteiger partial charge in [0.05, 0.1) is 12.0 Å². The minimum atomic E-state index is -0.216. The van der Waals surface area contributed by atoms with Gasteiger partial charge in [0.15, 0.2) is 0 Å². The molecular formula is C24H33N5O2. The topological polar surface area (TPSA) is 87.1 Å². The van der Waals surface area contributed by atoms with Crippen molar-refractivity contribution in [1.29, 1.82) is 0 Å². The van der Waals surface area contributed by atoms with Gasteiger partial charge in [-0.15, -0.1) is 0 Å². The predicted octanol–water partition coefficient (Wildman–Crippen LogP) is 2.50. The second kappa shape index (κ2) is 10.4. The molecule has 1 aromatic heterocycles. The van der Waals surface area contributed by atoms with Gasteiger partial charge in [0.2, 0.25) is 5.91 Å². The number of piperazine rings is 1. The Hall–Kier alpha value is -2.90. The molecule has 2 unspecified atom stereocenters. The highest BCUT2D eigenvalue weighted by molar-refractivity contribution is 5.97. The number of allylic oxidation sites excluding steroid dienone is 1. The van der Waals surface area contributed by atoms with Crippen molar-refractivity contribution in [2.24, 2.45) is 10.7 Å². The number of furan rings is 1. The first kappa shape index (κ1) is 22.8. The molecule has 7 heteroatoms. The van der Waals surface area contributed by atoms with E-state index < -0.39 is 0 Å². The number of amides is 1. The number of rotatable bonds is 7. The smallest absolute Gasteiger partial charge is 0.238 e. The molecule has 2 aromatic rings. The zero-order chi connectivity index (χ0) is 22.4.